The first kappa shape index (κ1) is 12.5. The van der Waals surface area contributed by atoms with E-state index in [1.54, 1.807) is 0 Å². The van der Waals surface area contributed by atoms with Crippen molar-refractivity contribution in [3.05, 3.63) is 36.4 Å². The van der Waals surface area contributed by atoms with E-state index in [-0.39, 0.29) is 6.04 Å². The zero-order chi connectivity index (χ0) is 13.1. The summed E-state index contributed by atoms with van der Waals surface area (Å²) in [6.07, 6.45) is 2.01. The largest absolute Gasteiger partial charge is 0.486 e. The molecule has 0 bridgehead atoms. The molecular weight excluding hydrogens is 240 g/mol. The summed E-state index contributed by atoms with van der Waals surface area (Å²) in [6, 6.07) is 6.45. The summed E-state index contributed by atoms with van der Waals surface area (Å²) in [4.78, 5) is 2.44. The molecule has 0 amide bonds. The van der Waals surface area contributed by atoms with Gasteiger partial charge in [0.15, 0.2) is 11.5 Å². The van der Waals surface area contributed by atoms with Crippen LogP contribution in [-0.2, 0) is 0 Å². The van der Waals surface area contributed by atoms with Crippen LogP contribution >= 0.6 is 0 Å². The fourth-order valence-corrected chi connectivity index (χ4v) is 2.70. The molecule has 1 saturated heterocycles. The third kappa shape index (κ3) is 2.60. The summed E-state index contributed by atoms with van der Waals surface area (Å²) < 4.78 is 11.2. The van der Waals surface area contributed by atoms with Crippen molar-refractivity contribution in [1.82, 2.24) is 10.2 Å². The highest BCUT2D eigenvalue weighted by Crippen LogP contribution is 2.34. The van der Waals surface area contributed by atoms with Crippen LogP contribution in [0, 0.1) is 0 Å². The molecule has 2 aliphatic heterocycles. The summed E-state index contributed by atoms with van der Waals surface area (Å²) >= 11 is 0. The van der Waals surface area contributed by atoms with Gasteiger partial charge in [-0.05, 0) is 17.7 Å². The molecule has 2 heterocycles. The Morgan fingerprint density at radius 3 is 2.63 bits per heavy atom. The minimum Gasteiger partial charge on any atom is -0.486 e. The van der Waals surface area contributed by atoms with E-state index in [2.05, 4.69) is 28.9 Å². The highest BCUT2D eigenvalue weighted by Gasteiger charge is 2.21. The van der Waals surface area contributed by atoms with Crippen molar-refractivity contribution in [2.45, 2.75) is 6.04 Å². The van der Waals surface area contributed by atoms with E-state index < -0.39 is 0 Å². The molecule has 0 saturated carbocycles. The van der Waals surface area contributed by atoms with Crippen LogP contribution in [0.5, 0.6) is 11.5 Å². The average Bonchev–Trinajstić information content (AvgIpc) is 2.49. The van der Waals surface area contributed by atoms with Crippen LogP contribution in [0.25, 0.3) is 0 Å². The van der Waals surface area contributed by atoms with Gasteiger partial charge in [0.05, 0.1) is 6.04 Å². The molecule has 0 unspecified atom stereocenters. The van der Waals surface area contributed by atoms with Crippen LogP contribution in [0.3, 0.4) is 0 Å². The maximum atomic E-state index is 5.66. The Balaban J connectivity index is 1.84. The Kier molecular flexibility index (Phi) is 3.71. The predicted molar refractivity (Wildman–Crippen MR) is 74.8 cm³/mol. The molecule has 1 aromatic carbocycles. The number of piperazine rings is 1. The third-order valence-electron chi connectivity index (χ3n) is 3.68. The minimum absolute atomic E-state index is 0.248. The van der Waals surface area contributed by atoms with Crippen LogP contribution in [0.2, 0.25) is 0 Å². The first-order valence-corrected chi connectivity index (χ1v) is 6.85. The molecule has 0 aliphatic carbocycles. The first-order chi connectivity index (χ1) is 9.38. The monoisotopic (exact) mass is 260 g/mol. The summed E-state index contributed by atoms with van der Waals surface area (Å²) in [7, 11) is 0. The lowest BCUT2D eigenvalue weighted by Gasteiger charge is -2.33. The van der Waals surface area contributed by atoms with Crippen LogP contribution in [-0.4, -0.2) is 44.3 Å². The van der Waals surface area contributed by atoms with E-state index >= 15 is 0 Å². The molecule has 0 radical (unpaired) electrons. The van der Waals surface area contributed by atoms with E-state index in [4.69, 9.17) is 9.47 Å². The fraction of sp³-hybridized carbons (Fsp3) is 0.467. The third-order valence-corrected chi connectivity index (χ3v) is 3.68. The van der Waals surface area contributed by atoms with Gasteiger partial charge in [-0.1, -0.05) is 12.1 Å². The van der Waals surface area contributed by atoms with Crippen LogP contribution in [0.15, 0.2) is 30.9 Å². The van der Waals surface area contributed by atoms with Gasteiger partial charge < -0.3 is 14.8 Å². The van der Waals surface area contributed by atoms with Crippen LogP contribution < -0.4 is 14.8 Å². The molecular formula is C15H20N2O2. The normalized spacial score (nSPS) is 20.8. The minimum atomic E-state index is 0.248. The van der Waals surface area contributed by atoms with Crippen molar-refractivity contribution in [2.75, 3.05) is 39.4 Å². The number of rotatable bonds is 3. The maximum Gasteiger partial charge on any atom is 0.161 e. The van der Waals surface area contributed by atoms with Gasteiger partial charge in [0.1, 0.15) is 13.2 Å². The molecule has 4 nitrogen and oxygen atoms in total. The lowest BCUT2D eigenvalue weighted by atomic mass is 10.0. The SMILES string of the molecule is C=C[C@@H](c1ccc2c(c1)OCCO2)N1CCNCC1. The van der Waals surface area contributed by atoms with Crippen molar-refractivity contribution < 1.29 is 9.47 Å². The Morgan fingerprint density at radius 2 is 1.89 bits per heavy atom. The van der Waals surface area contributed by atoms with Gasteiger partial charge in [-0.25, -0.2) is 0 Å². The zero-order valence-electron chi connectivity index (χ0n) is 11.1. The lowest BCUT2D eigenvalue weighted by molar-refractivity contribution is 0.170. The molecule has 3 rings (SSSR count). The topological polar surface area (TPSA) is 33.7 Å². The van der Waals surface area contributed by atoms with Crippen molar-refractivity contribution >= 4 is 0 Å². The second-order valence-corrected chi connectivity index (χ2v) is 4.87. The van der Waals surface area contributed by atoms with Crippen molar-refractivity contribution in [3.8, 4) is 11.5 Å². The molecule has 1 N–H and O–H groups in total. The number of hydrogen-bond acceptors (Lipinski definition) is 4. The molecule has 0 spiro atoms. The Labute approximate surface area is 114 Å². The lowest BCUT2D eigenvalue weighted by Crippen LogP contribution is -2.44. The van der Waals surface area contributed by atoms with E-state index in [0.29, 0.717) is 13.2 Å². The van der Waals surface area contributed by atoms with Gasteiger partial charge in [0.2, 0.25) is 0 Å². The van der Waals surface area contributed by atoms with Gasteiger partial charge in [-0.15, -0.1) is 6.58 Å². The number of nitrogens with zero attached hydrogens (tertiary/aromatic N) is 1. The zero-order valence-corrected chi connectivity index (χ0v) is 11.1. The first-order valence-electron chi connectivity index (χ1n) is 6.85. The van der Waals surface area contributed by atoms with E-state index in [1.165, 1.54) is 5.56 Å². The van der Waals surface area contributed by atoms with Gasteiger partial charge >= 0.3 is 0 Å². The molecule has 1 fully saturated rings. The van der Waals surface area contributed by atoms with Crippen molar-refractivity contribution in [1.29, 1.82) is 0 Å². The smallest absolute Gasteiger partial charge is 0.161 e. The molecule has 4 heteroatoms. The highest BCUT2D eigenvalue weighted by molar-refractivity contribution is 5.45. The molecule has 0 aromatic heterocycles. The quantitative estimate of drug-likeness (QED) is 0.837. The number of benzene rings is 1. The van der Waals surface area contributed by atoms with E-state index in [0.717, 1.165) is 37.7 Å². The summed E-state index contributed by atoms with van der Waals surface area (Å²) in [5.41, 5.74) is 1.22. The number of fused-ring (bicyclic) bond motifs is 1. The predicted octanol–water partition coefficient (Wildman–Crippen LogP) is 1.59. The summed E-state index contributed by atoms with van der Waals surface area (Å²) in [5.74, 6) is 1.70. The fourth-order valence-electron chi connectivity index (χ4n) is 2.70. The molecule has 2 aliphatic rings. The molecule has 1 atom stereocenters. The Hall–Kier alpha value is -1.52. The molecule has 19 heavy (non-hydrogen) atoms. The van der Waals surface area contributed by atoms with Crippen LogP contribution in [0.1, 0.15) is 11.6 Å². The summed E-state index contributed by atoms with van der Waals surface area (Å²) in [6.45, 7) is 9.42. The average molecular weight is 260 g/mol. The van der Waals surface area contributed by atoms with Gasteiger partial charge in [-0.2, -0.15) is 0 Å². The van der Waals surface area contributed by atoms with Crippen LogP contribution in [0.4, 0.5) is 0 Å². The van der Waals surface area contributed by atoms with Crippen molar-refractivity contribution in [3.63, 3.8) is 0 Å². The van der Waals surface area contributed by atoms with Gasteiger partial charge in [0, 0.05) is 26.2 Å². The Bertz CT molecular complexity index is 455. The number of nitrogens with one attached hydrogen (secondary N) is 1. The standard InChI is InChI=1S/C15H20N2O2/c1-2-13(17-7-5-16-6-8-17)12-3-4-14-15(11-12)19-10-9-18-14/h2-4,11,13,16H,1,5-10H2/t13-/m0/s1. The van der Waals surface area contributed by atoms with E-state index in [1.807, 2.05) is 12.1 Å². The molecule has 102 valence electrons. The molecule has 1 aromatic rings. The number of hydrogen-bond donors (Lipinski definition) is 1. The van der Waals surface area contributed by atoms with Crippen molar-refractivity contribution in [2.24, 2.45) is 0 Å². The van der Waals surface area contributed by atoms with Gasteiger partial charge in [0.25, 0.3) is 0 Å². The second-order valence-electron chi connectivity index (χ2n) is 4.87. The highest BCUT2D eigenvalue weighted by atomic mass is 16.6. The Morgan fingerprint density at radius 1 is 1.16 bits per heavy atom. The number of ether oxygens (including phenoxy) is 2. The van der Waals surface area contributed by atoms with Gasteiger partial charge in [-0.3, -0.25) is 4.90 Å². The summed E-state index contributed by atoms with van der Waals surface area (Å²) in [5, 5.41) is 3.37. The second kappa shape index (κ2) is 5.63. The van der Waals surface area contributed by atoms with E-state index in [9.17, 15) is 0 Å². The maximum absolute atomic E-state index is 5.66.